The summed E-state index contributed by atoms with van der Waals surface area (Å²) < 4.78 is 6.34. The van der Waals surface area contributed by atoms with Gasteiger partial charge in [-0.05, 0) is 36.6 Å². The highest BCUT2D eigenvalue weighted by Gasteiger charge is 2.42. The molecule has 3 aliphatic rings. The number of amidine groups is 1. The van der Waals surface area contributed by atoms with Crippen molar-refractivity contribution in [3.63, 3.8) is 0 Å². The summed E-state index contributed by atoms with van der Waals surface area (Å²) in [6.45, 7) is 2.53. The number of nitrogens with zero attached hydrogens (tertiary/aromatic N) is 3. The number of nitrogens with two attached hydrogens (primary N) is 1. The van der Waals surface area contributed by atoms with Crippen LogP contribution in [0.4, 0.5) is 0 Å². The summed E-state index contributed by atoms with van der Waals surface area (Å²) in [5, 5.41) is 23.5. The number of β-amino-alcohol motifs (C(OH)–C–C–N with tert-alkyl or cyclic N) is 1. The van der Waals surface area contributed by atoms with E-state index < -0.39 is 6.10 Å². The minimum atomic E-state index is -0.418. The Hall–Kier alpha value is -2.62. The number of fused-ring (bicyclic) bond motifs is 1. The van der Waals surface area contributed by atoms with Crippen LogP contribution in [0.1, 0.15) is 35.2 Å². The van der Waals surface area contributed by atoms with Gasteiger partial charge in [0.1, 0.15) is 11.4 Å². The van der Waals surface area contributed by atoms with Crippen LogP contribution in [0.25, 0.3) is 11.3 Å². The summed E-state index contributed by atoms with van der Waals surface area (Å²) >= 11 is 0.983. The Bertz CT molecular complexity index is 1040. The maximum Gasteiger partial charge on any atom is 0.253 e. The molecule has 1 spiro atoms. The van der Waals surface area contributed by atoms with Gasteiger partial charge < -0.3 is 19.6 Å². The third kappa shape index (κ3) is 3.96. The molecule has 2 saturated heterocycles. The lowest BCUT2D eigenvalue weighted by Gasteiger charge is -2.39. The molecule has 5 rings (SSSR count). The Morgan fingerprint density at radius 3 is 2.62 bits per heavy atom. The van der Waals surface area contributed by atoms with E-state index in [0.717, 1.165) is 66.9 Å². The fourth-order valence-corrected chi connectivity index (χ4v) is 5.18. The molecule has 9 heteroatoms. The van der Waals surface area contributed by atoms with Crippen LogP contribution in [-0.4, -0.2) is 68.8 Å². The molecular weight excluding hydrogens is 426 g/mol. The lowest BCUT2D eigenvalue weighted by atomic mass is 9.87. The SMILES string of the molecule is N=C(SN)N1CCC2(CC1)Cc1cc(-c3ccc(C(=O)N4CC[C@@H](O)C4)cc3)ncc1O2. The van der Waals surface area contributed by atoms with Crippen molar-refractivity contribution in [2.75, 3.05) is 26.2 Å². The number of benzene rings is 1. The molecule has 32 heavy (non-hydrogen) atoms. The Kier molecular flexibility index (Phi) is 5.56. The predicted octanol–water partition coefficient (Wildman–Crippen LogP) is 2.27. The van der Waals surface area contributed by atoms with Gasteiger partial charge in [-0.25, -0.2) is 0 Å². The first-order chi connectivity index (χ1) is 15.5. The monoisotopic (exact) mass is 453 g/mol. The topological polar surface area (TPSA) is 116 Å². The van der Waals surface area contributed by atoms with Crippen LogP contribution in [0.15, 0.2) is 36.5 Å². The molecule has 168 valence electrons. The van der Waals surface area contributed by atoms with E-state index in [0.29, 0.717) is 30.2 Å². The molecule has 2 fully saturated rings. The van der Waals surface area contributed by atoms with E-state index in [2.05, 4.69) is 11.1 Å². The lowest BCUT2D eigenvalue weighted by molar-refractivity contribution is 0.0380. The summed E-state index contributed by atoms with van der Waals surface area (Å²) in [7, 11) is 0. The number of carbonyl (C=O) groups excluding carboxylic acids is 1. The highest BCUT2D eigenvalue weighted by molar-refractivity contribution is 8.11. The molecule has 8 nitrogen and oxygen atoms in total. The second-order valence-corrected chi connectivity index (χ2v) is 9.44. The van der Waals surface area contributed by atoms with Gasteiger partial charge in [-0.15, -0.1) is 0 Å². The van der Waals surface area contributed by atoms with Gasteiger partial charge in [0, 0.05) is 62.1 Å². The highest BCUT2D eigenvalue weighted by atomic mass is 32.2. The lowest BCUT2D eigenvalue weighted by Crippen LogP contribution is -2.48. The maximum atomic E-state index is 12.6. The molecule has 4 N–H and O–H groups in total. The van der Waals surface area contributed by atoms with Crippen molar-refractivity contribution in [1.29, 1.82) is 5.41 Å². The average Bonchev–Trinajstić information content (AvgIpc) is 3.41. The standard InChI is InChI=1S/C23H27N5O3S/c24-22(32-25)27-9-6-23(7-10-27)12-17-11-19(26-13-20(17)31-23)15-1-3-16(4-2-15)21(30)28-8-5-18(29)14-28/h1-4,11,13,18,24,29H,5-10,12,14,25H2/t18-/m1/s1. The molecule has 1 aromatic heterocycles. The molecule has 1 amide bonds. The first-order valence-corrected chi connectivity index (χ1v) is 11.8. The van der Waals surface area contributed by atoms with Crippen LogP contribution >= 0.6 is 11.9 Å². The number of amides is 1. The molecular formula is C23H27N5O3S. The number of hydrogen-bond donors (Lipinski definition) is 3. The van der Waals surface area contributed by atoms with E-state index in [1.807, 2.05) is 29.2 Å². The molecule has 0 aliphatic carbocycles. The van der Waals surface area contributed by atoms with Crippen LogP contribution < -0.4 is 9.88 Å². The number of aliphatic hydroxyl groups is 1. The number of aliphatic hydroxyl groups excluding tert-OH is 1. The molecule has 0 radical (unpaired) electrons. The number of carbonyl (C=O) groups is 1. The number of ether oxygens (including phenoxy) is 1. The van der Waals surface area contributed by atoms with Crippen LogP contribution in [-0.2, 0) is 6.42 Å². The third-order valence-corrected chi connectivity index (χ3v) is 7.22. The largest absolute Gasteiger partial charge is 0.485 e. The second-order valence-electron chi connectivity index (χ2n) is 8.82. The molecule has 2 aromatic rings. The second kappa shape index (κ2) is 8.38. The average molecular weight is 454 g/mol. The van der Waals surface area contributed by atoms with Crippen molar-refractivity contribution in [1.82, 2.24) is 14.8 Å². The number of hydrogen-bond acceptors (Lipinski definition) is 7. The fourth-order valence-electron chi connectivity index (χ4n) is 4.85. The Labute approximate surface area is 191 Å². The smallest absolute Gasteiger partial charge is 0.253 e. The Morgan fingerprint density at radius 1 is 1.22 bits per heavy atom. The van der Waals surface area contributed by atoms with Crippen LogP contribution in [0.3, 0.4) is 0 Å². The van der Waals surface area contributed by atoms with Crippen molar-refractivity contribution in [2.24, 2.45) is 5.14 Å². The predicted molar refractivity (Wildman–Crippen MR) is 124 cm³/mol. The highest BCUT2D eigenvalue weighted by Crippen LogP contribution is 2.42. The van der Waals surface area contributed by atoms with Crippen LogP contribution in [0.2, 0.25) is 0 Å². The zero-order valence-electron chi connectivity index (χ0n) is 17.8. The molecule has 1 aromatic carbocycles. The third-order valence-electron chi connectivity index (χ3n) is 6.74. The molecule has 0 bridgehead atoms. The normalized spacial score (nSPS) is 21.5. The van der Waals surface area contributed by atoms with Crippen molar-refractivity contribution in [2.45, 2.75) is 37.4 Å². The van der Waals surface area contributed by atoms with E-state index in [-0.39, 0.29) is 11.5 Å². The molecule has 3 aliphatic heterocycles. The van der Waals surface area contributed by atoms with Crippen molar-refractivity contribution >= 4 is 23.0 Å². The van der Waals surface area contributed by atoms with Gasteiger partial charge in [-0.3, -0.25) is 20.3 Å². The zero-order valence-corrected chi connectivity index (χ0v) is 18.6. The fraction of sp³-hybridized carbons (Fsp3) is 0.435. The summed E-state index contributed by atoms with van der Waals surface area (Å²) in [6.07, 6.45) is 4.55. The number of rotatable bonds is 2. The number of likely N-dealkylation sites (tertiary alicyclic amines) is 2. The van der Waals surface area contributed by atoms with Crippen LogP contribution in [0.5, 0.6) is 5.75 Å². The van der Waals surface area contributed by atoms with Gasteiger partial charge in [0.2, 0.25) is 0 Å². The summed E-state index contributed by atoms with van der Waals surface area (Å²) in [4.78, 5) is 20.9. The summed E-state index contributed by atoms with van der Waals surface area (Å²) in [5.41, 5.74) is 3.36. The minimum Gasteiger partial charge on any atom is -0.485 e. The van der Waals surface area contributed by atoms with E-state index in [1.165, 1.54) is 0 Å². The zero-order chi connectivity index (χ0) is 22.3. The van der Waals surface area contributed by atoms with Gasteiger partial charge in [-0.1, -0.05) is 12.1 Å². The number of aromatic nitrogens is 1. The first-order valence-electron chi connectivity index (χ1n) is 10.9. The molecule has 4 heterocycles. The first kappa shape index (κ1) is 21.2. The number of nitrogens with one attached hydrogen (secondary N) is 1. The Balaban J connectivity index is 1.28. The minimum absolute atomic E-state index is 0.0437. The molecule has 1 atom stereocenters. The van der Waals surface area contributed by atoms with E-state index in [4.69, 9.17) is 15.3 Å². The van der Waals surface area contributed by atoms with Crippen molar-refractivity contribution < 1.29 is 14.6 Å². The summed E-state index contributed by atoms with van der Waals surface area (Å²) in [6, 6.07) is 9.59. The molecule has 0 saturated carbocycles. The molecule has 0 unspecified atom stereocenters. The summed E-state index contributed by atoms with van der Waals surface area (Å²) in [5.74, 6) is 0.794. The van der Waals surface area contributed by atoms with E-state index >= 15 is 0 Å². The van der Waals surface area contributed by atoms with E-state index in [1.54, 1.807) is 11.1 Å². The Morgan fingerprint density at radius 2 is 1.97 bits per heavy atom. The van der Waals surface area contributed by atoms with E-state index in [9.17, 15) is 9.90 Å². The van der Waals surface area contributed by atoms with Gasteiger partial charge in [0.05, 0.1) is 18.0 Å². The number of pyridine rings is 1. The van der Waals surface area contributed by atoms with Crippen LogP contribution in [0, 0.1) is 5.41 Å². The van der Waals surface area contributed by atoms with Gasteiger partial charge in [-0.2, -0.15) is 0 Å². The maximum absolute atomic E-state index is 12.6. The van der Waals surface area contributed by atoms with Gasteiger partial charge in [0.25, 0.3) is 5.91 Å². The van der Waals surface area contributed by atoms with Crippen molar-refractivity contribution in [3.05, 3.63) is 47.7 Å². The van der Waals surface area contributed by atoms with Gasteiger partial charge in [0.15, 0.2) is 5.17 Å². The van der Waals surface area contributed by atoms with Crippen molar-refractivity contribution in [3.8, 4) is 17.0 Å². The van der Waals surface area contributed by atoms with Gasteiger partial charge >= 0.3 is 0 Å². The number of piperidine rings is 1. The quantitative estimate of drug-likeness (QED) is 0.363.